The Morgan fingerprint density at radius 2 is 2.31 bits per heavy atom. The minimum Gasteiger partial charge on any atom is -0.465 e. The van der Waals surface area contributed by atoms with Crippen molar-refractivity contribution >= 4 is 11.8 Å². The number of anilines is 1. The van der Waals surface area contributed by atoms with Gasteiger partial charge in [-0.05, 0) is 23.4 Å². The highest BCUT2D eigenvalue weighted by Gasteiger charge is 2.12. The Kier molecular flexibility index (Phi) is 2.46. The lowest BCUT2D eigenvalue weighted by Gasteiger charge is -2.05. The van der Waals surface area contributed by atoms with Crippen molar-refractivity contribution in [2.75, 3.05) is 5.32 Å². The zero-order valence-corrected chi connectivity index (χ0v) is 7.81. The van der Waals surface area contributed by atoms with Crippen LogP contribution in [0.2, 0.25) is 0 Å². The zero-order valence-electron chi connectivity index (χ0n) is 7.81. The standard InChI is InChI=1S/C8H6FN5O2/c9-4-1-2-6(10-8(15)16)5(3-4)7-11-13-14-12-7/h1-3,10H,(H,15,16)(H,11,12,13,14). The SMILES string of the molecule is O=C(O)Nc1ccc(F)cc1-c1nn[nH]n1. The Morgan fingerprint density at radius 1 is 1.50 bits per heavy atom. The third kappa shape index (κ3) is 1.95. The molecule has 2 aromatic rings. The normalized spacial score (nSPS) is 10.1. The highest BCUT2D eigenvalue weighted by atomic mass is 19.1. The largest absolute Gasteiger partial charge is 0.465 e. The van der Waals surface area contributed by atoms with Crippen LogP contribution in [0.1, 0.15) is 0 Å². The second kappa shape index (κ2) is 3.93. The fourth-order valence-electron chi connectivity index (χ4n) is 1.20. The molecule has 0 spiro atoms. The monoisotopic (exact) mass is 223 g/mol. The smallest absolute Gasteiger partial charge is 0.409 e. The van der Waals surface area contributed by atoms with Crippen molar-refractivity contribution in [3.05, 3.63) is 24.0 Å². The van der Waals surface area contributed by atoms with Crippen LogP contribution in [0.25, 0.3) is 11.4 Å². The molecule has 16 heavy (non-hydrogen) atoms. The maximum Gasteiger partial charge on any atom is 0.409 e. The number of amides is 1. The van der Waals surface area contributed by atoms with E-state index in [4.69, 9.17) is 5.11 Å². The molecule has 0 saturated heterocycles. The number of aromatic nitrogens is 4. The molecule has 0 aliphatic heterocycles. The predicted molar refractivity (Wildman–Crippen MR) is 51.2 cm³/mol. The molecule has 7 nitrogen and oxygen atoms in total. The Morgan fingerprint density at radius 3 is 2.94 bits per heavy atom. The number of nitrogens with zero attached hydrogens (tertiary/aromatic N) is 3. The number of carboxylic acid groups (broad SMARTS) is 1. The number of aromatic amines is 1. The van der Waals surface area contributed by atoms with Gasteiger partial charge in [-0.3, -0.25) is 5.32 Å². The van der Waals surface area contributed by atoms with E-state index in [0.29, 0.717) is 0 Å². The fourth-order valence-corrected chi connectivity index (χ4v) is 1.20. The van der Waals surface area contributed by atoms with Crippen molar-refractivity contribution in [3.63, 3.8) is 0 Å². The molecule has 0 fully saturated rings. The maximum atomic E-state index is 13.0. The van der Waals surface area contributed by atoms with E-state index in [1.807, 2.05) is 0 Å². The van der Waals surface area contributed by atoms with Crippen LogP contribution in [0.4, 0.5) is 14.9 Å². The average molecular weight is 223 g/mol. The topological polar surface area (TPSA) is 104 Å². The molecule has 2 rings (SSSR count). The molecule has 1 aromatic heterocycles. The lowest BCUT2D eigenvalue weighted by molar-refractivity contribution is 0.210. The maximum absolute atomic E-state index is 13.0. The van der Waals surface area contributed by atoms with Crippen LogP contribution in [0, 0.1) is 5.82 Å². The molecule has 1 aromatic carbocycles. The van der Waals surface area contributed by atoms with Crippen molar-refractivity contribution in [1.29, 1.82) is 0 Å². The van der Waals surface area contributed by atoms with Crippen molar-refractivity contribution in [2.24, 2.45) is 0 Å². The van der Waals surface area contributed by atoms with E-state index in [0.717, 1.165) is 12.1 Å². The molecular formula is C8H6FN5O2. The highest BCUT2D eigenvalue weighted by molar-refractivity contribution is 5.89. The van der Waals surface area contributed by atoms with Gasteiger partial charge < -0.3 is 5.11 Å². The van der Waals surface area contributed by atoms with Crippen molar-refractivity contribution < 1.29 is 14.3 Å². The van der Waals surface area contributed by atoms with Gasteiger partial charge in [-0.25, -0.2) is 9.18 Å². The van der Waals surface area contributed by atoms with Gasteiger partial charge in [0.15, 0.2) is 0 Å². The lowest BCUT2D eigenvalue weighted by atomic mass is 10.1. The first-order chi connectivity index (χ1) is 7.66. The molecule has 3 N–H and O–H groups in total. The summed E-state index contributed by atoms with van der Waals surface area (Å²) in [5, 5.41) is 23.5. The van der Waals surface area contributed by atoms with E-state index in [9.17, 15) is 9.18 Å². The molecule has 0 bridgehead atoms. The van der Waals surface area contributed by atoms with Gasteiger partial charge in [0.25, 0.3) is 0 Å². The minimum atomic E-state index is -1.25. The number of halogens is 1. The molecule has 0 aliphatic carbocycles. The van der Waals surface area contributed by atoms with Gasteiger partial charge >= 0.3 is 6.09 Å². The summed E-state index contributed by atoms with van der Waals surface area (Å²) in [4.78, 5) is 10.5. The third-order valence-corrected chi connectivity index (χ3v) is 1.81. The number of benzene rings is 1. The van der Waals surface area contributed by atoms with Crippen molar-refractivity contribution in [1.82, 2.24) is 20.6 Å². The van der Waals surface area contributed by atoms with Gasteiger partial charge in [0, 0.05) is 5.56 Å². The summed E-state index contributed by atoms with van der Waals surface area (Å²) in [6.07, 6.45) is -1.25. The summed E-state index contributed by atoms with van der Waals surface area (Å²) in [5.74, 6) is -0.404. The van der Waals surface area contributed by atoms with Crippen LogP contribution in [0.15, 0.2) is 18.2 Å². The van der Waals surface area contributed by atoms with Crippen molar-refractivity contribution in [3.8, 4) is 11.4 Å². The zero-order chi connectivity index (χ0) is 11.5. The first-order valence-corrected chi connectivity index (χ1v) is 4.20. The quantitative estimate of drug-likeness (QED) is 0.707. The van der Waals surface area contributed by atoms with Crippen LogP contribution >= 0.6 is 0 Å². The van der Waals surface area contributed by atoms with E-state index in [1.165, 1.54) is 6.07 Å². The Labute approximate surface area is 88.3 Å². The number of hydrogen-bond acceptors (Lipinski definition) is 4. The number of rotatable bonds is 2. The molecule has 0 saturated carbocycles. The van der Waals surface area contributed by atoms with Gasteiger partial charge in [0.1, 0.15) is 5.82 Å². The first-order valence-electron chi connectivity index (χ1n) is 4.20. The third-order valence-electron chi connectivity index (χ3n) is 1.81. The fraction of sp³-hybridized carbons (Fsp3) is 0. The van der Waals surface area contributed by atoms with E-state index >= 15 is 0 Å². The van der Waals surface area contributed by atoms with Crippen LogP contribution < -0.4 is 5.32 Å². The summed E-state index contributed by atoms with van der Waals surface area (Å²) in [5.41, 5.74) is 0.409. The summed E-state index contributed by atoms with van der Waals surface area (Å²) in [6, 6.07) is 3.54. The number of tetrazole rings is 1. The number of carbonyl (C=O) groups is 1. The highest BCUT2D eigenvalue weighted by Crippen LogP contribution is 2.25. The van der Waals surface area contributed by atoms with E-state index in [2.05, 4.69) is 25.9 Å². The molecular weight excluding hydrogens is 217 g/mol. The molecule has 82 valence electrons. The van der Waals surface area contributed by atoms with Gasteiger partial charge in [0.2, 0.25) is 5.82 Å². The summed E-state index contributed by atoms with van der Waals surface area (Å²) in [6.45, 7) is 0. The Bertz CT molecular complexity index is 513. The van der Waals surface area contributed by atoms with E-state index in [1.54, 1.807) is 0 Å². The average Bonchev–Trinajstić information content (AvgIpc) is 2.73. The summed E-state index contributed by atoms with van der Waals surface area (Å²) in [7, 11) is 0. The van der Waals surface area contributed by atoms with Crippen LogP contribution in [0.3, 0.4) is 0 Å². The number of hydrogen-bond donors (Lipinski definition) is 3. The summed E-state index contributed by atoms with van der Waals surface area (Å²) < 4.78 is 13.0. The van der Waals surface area contributed by atoms with Crippen LogP contribution in [-0.2, 0) is 0 Å². The van der Waals surface area contributed by atoms with Crippen LogP contribution in [-0.4, -0.2) is 31.8 Å². The Hall–Kier alpha value is -2.51. The van der Waals surface area contributed by atoms with Crippen LogP contribution in [0.5, 0.6) is 0 Å². The molecule has 0 unspecified atom stereocenters. The summed E-state index contributed by atoms with van der Waals surface area (Å²) >= 11 is 0. The minimum absolute atomic E-state index is 0.114. The Balaban J connectivity index is 2.48. The second-order valence-corrected chi connectivity index (χ2v) is 2.86. The first kappa shape index (κ1) is 10.0. The predicted octanol–water partition coefficient (Wildman–Crippen LogP) is 1.10. The molecule has 0 radical (unpaired) electrons. The molecule has 1 heterocycles. The number of H-pyrrole nitrogens is 1. The molecule has 8 heteroatoms. The van der Waals surface area contributed by atoms with E-state index in [-0.39, 0.29) is 17.1 Å². The molecule has 0 aliphatic rings. The van der Waals surface area contributed by atoms with Gasteiger partial charge in [0.05, 0.1) is 5.69 Å². The van der Waals surface area contributed by atoms with Gasteiger partial charge in [-0.15, -0.1) is 10.2 Å². The van der Waals surface area contributed by atoms with Gasteiger partial charge in [-0.1, -0.05) is 0 Å². The van der Waals surface area contributed by atoms with E-state index < -0.39 is 11.9 Å². The second-order valence-electron chi connectivity index (χ2n) is 2.86. The van der Waals surface area contributed by atoms with Gasteiger partial charge in [-0.2, -0.15) is 5.21 Å². The molecule has 1 amide bonds. The number of nitrogens with one attached hydrogen (secondary N) is 2. The molecule has 0 atom stereocenters. The van der Waals surface area contributed by atoms with Crippen molar-refractivity contribution in [2.45, 2.75) is 0 Å². The lowest BCUT2D eigenvalue weighted by Crippen LogP contribution is -2.08.